The van der Waals surface area contributed by atoms with Crippen molar-refractivity contribution in [1.29, 1.82) is 0 Å². The van der Waals surface area contributed by atoms with Crippen LogP contribution in [0, 0.1) is 0 Å². The predicted octanol–water partition coefficient (Wildman–Crippen LogP) is 1.88. The van der Waals surface area contributed by atoms with Gasteiger partial charge in [0.1, 0.15) is 6.61 Å². The maximum atomic E-state index is 5.63. The molecule has 0 radical (unpaired) electrons. The van der Waals surface area contributed by atoms with Gasteiger partial charge in [0.05, 0.1) is 10.7 Å². The second-order valence-electron chi connectivity index (χ2n) is 2.15. The molecule has 12 heavy (non-hydrogen) atoms. The zero-order valence-electron chi connectivity index (χ0n) is 6.46. The van der Waals surface area contributed by atoms with Gasteiger partial charge >= 0.3 is 0 Å². The van der Waals surface area contributed by atoms with E-state index in [9.17, 15) is 0 Å². The van der Waals surface area contributed by atoms with Gasteiger partial charge in [0.15, 0.2) is 0 Å². The molecule has 0 amide bonds. The van der Waals surface area contributed by atoms with Crippen LogP contribution in [0.3, 0.4) is 0 Å². The minimum Gasteiger partial charge on any atom is -0.472 e. The summed E-state index contributed by atoms with van der Waals surface area (Å²) in [5.41, 5.74) is 5.99. The van der Waals surface area contributed by atoms with Gasteiger partial charge in [-0.3, -0.25) is 0 Å². The van der Waals surface area contributed by atoms with E-state index in [1.165, 1.54) is 6.20 Å². The van der Waals surface area contributed by atoms with E-state index < -0.39 is 0 Å². The second-order valence-corrected chi connectivity index (χ2v) is 2.58. The second kappa shape index (κ2) is 3.97. The van der Waals surface area contributed by atoms with Crippen LogP contribution in [0.4, 0.5) is 5.69 Å². The smallest absolute Gasteiger partial charge is 0.237 e. The molecule has 0 atom stereocenters. The molecule has 64 valence electrons. The summed E-state index contributed by atoms with van der Waals surface area (Å²) in [5, 5.41) is 0.499. The van der Waals surface area contributed by atoms with E-state index in [-0.39, 0.29) is 0 Å². The number of nitrogens with zero attached hydrogens (tertiary/aromatic N) is 1. The fourth-order valence-electron chi connectivity index (χ4n) is 0.701. The highest BCUT2D eigenvalue weighted by Crippen LogP contribution is 2.21. The van der Waals surface area contributed by atoms with Crippen molar-refractivity contribution in [3.8, 4) is 5.88 Å². The summed E-state index contributed by atoms with van der Waals surface area (Å²) in [6.07, 6.45) is 3.10. The topological polar surface area (TPSA) is 48.1 Å². The van der Waals surface area contributed by atoms with Gasteiger partial charge in [-0.05, 0) is 6.07 Å². The van der Waals surface area contributed by atoms with E-state index in [1.807, 2.05) is 0 Å². The molecule has 0 aliphatic carbocycles. The summed E-state index contributed by atoms with van der Waals surface area (Å²) in [6, 6.07) is 1.59. The SMILES string of the molecule is C=CCOc1ncc(Cl)cc1N. The Kier molecular flexibility index (Phi) is 2.94. The number of pyridine rings is 1. The van der Waals surface area contributed by atoms with Gasteiger partial charge in [-0.2, -0.15) is 0 Å². The minimum atomic E-state index is 0.388. The first kappa shape index (κ1) is 8.87. The van der Waals surface area contributed by atoms with Gasteiger partial charge < -0.3 is 10.5 Å². The Labute approximate surface area is 75.8 Å². The first-order valence-corrected chi connectivity index (χ1v) is 3.76. The lowest BCUT2D eigenvalue weighted by Crippen LogP contribution is -1.99. The molecule has 0 aliphatic rings. The normalized spacial score (nSPS) is 9.42. The zero-order valence-corrected chi connectivity index (χ0v) is 7.21. The molecule has 0 aliphatic heterocycles. The average molecular weight is 185 g/mol. The molecule has 4 heteroatoms. The van der Waals surface area contributed by atoms with Crippen LogP contribution in [-0.4, -0.2) is 11.6 Å². The summed E-state index contributed by atoms with van der Waals surface area (Å²) in [4.78, 5) is 3.89. The van der Waals surface area contributed by atoms with Gasteiger partial charge in [0, 0.05) is 6.20 Å². The van der Waals surface area contributed by atoms with Crippen molar-refractivity contribution < 1.29 is 4.74 Å². The highest BCUT2D eigenvalue weighted by Gasteiger charge is 2.00. The molecule has 0 spiro atoms. The van der Waals surface area contributed by atoms with Crippen molar-refractivity contribution >= 4 is 17.3 Å². The molecular weight excluding hydrogens is 176 g/mol. The summed E-state index contributed by atoms with van der Waals surface area (Å²) >= 11 is 5.63. The highest BCUT2D eigenvalue weighted by atomic mass is 35.5. The number of nitrogen functional groups attached to an aromatic ring is 1. The van der Waals surface area contributed by atoms with E-state index in [4.69, 9.17) is 22.1 Å². The lowest BCUT2D eigenvalue weighted by molar-refractivity contribution is 0.351. The average Bonchev–Trinajstić information content (AvgIpc) is 2.03. The fourth-order valence-corrected chi connectivity index (χ4v) is 0.867. The Morgan fingerprint density at radius 3 is 3.08 bits per heavy atom. The molecule has 3 nitrogen and oxygen atoms in total. The van der Waals surface area contributed by atoms with Gasteiger partial charge in [-0.15, -0.1) is 0 Å². The number of halogens is 1. The van der Waals surface area contributed by atoms with Gasteiger partial charge in [0.25, 0.3) is 0 Å². The molecule has 0 saturated heterocycles. The Bertz CT molecular complexity index is 288. The summed E-state index contributed by atoms with van der Waals surface area (Å²) in [7, 11) is 0. The fraction of sp³-hybridized carbons (Fsp3) is 0.125. The van der Waals surface area contributed by atoms with E-state index in [0.717, 1.165) is 0 Å². The lowest BCUT2D eigenvalue weighted by atomic mass is 10.4. The largest absolute Gasteiger partial charge is 0.472 e. The molecule has 2 N–H and O–H groups in total. The Hall–Kier alpha value is -1.22. The van der Waals surface area contributed by atoms with Gasteiger partial charge in [-0.1, -0.05) is 24.3 Å². The van der Waals surface area contributed by atoms with Crippen molar-refractivity contribution in [3.63, 3.8) is 0 Å². The summed E-state index contributed by atoms with van der Waals surface area (Å²) < 4.78 is 5.13. The van der Waals surface area contributed by atoms with Crippen LogP contribution in [0.5, 0.6) is 5.88 Å². The third-order valence-electron chi connectivity index (χ3n) is 1.18. The minimum absolute atomic E-state index is 0.388. The summed E-state index contributed by atoms with van der Waals surface area (Å²) in [5.74, 6) is 0.388. The number of hydrogen-bond donors (Lipinski definition) is 1. The van der Waals surface area contributed by atoms with Crippen LogP contribution < -0.4 is 10.5 Å². The first-order chi connectivity index (χ1) is 5.74. The van der Waals surface area contributed by atoms with Crippen molar-refractivity contribution in [2.45, 2.75) is 0 Å². The number of nitrogens with two attached hydrogens (primary N) is 1. The lowest BCUT2D eigenvalue weighted by Gasteiger charge is -2.04. The number of anilines is 1. The first-order valence-electron chi connectivity index (χ1n) is 3.38. The van der Waals surface area contributed by atoms with E-state index in [0.29, 0.717) is 23.2 Å². The van der Waals surface area contributed by atoms with Crippen LogP contribution in [-0.2, 0) is 0 Å². The molecular formula is C8H9ClN2O. The third kappa shape index (κ3) is 2.13. The van der Waals surface area contributed by atoms with Crippen LogP contribution in [0.25, 0.3) is 0 Å². The van der Waals surface area contributed by atoms with E-state index in [1.54, 1.807) is 12.1 Å². The predicted molar refractivity (Wildman–Crippen MR) is 49.4 cm³/mol. The number of hydrogen-bond acceptors (Lipinski definition) is 3. The maximum absolute atomic E-state index is 5.63. The Balaban J connectivity index is 2.78. The van der Waals surface area contributed by atoms with Crippen LogP contribution in [0.2, 0.25) is 5.02 Å². The molecule has 1 rings (SSSR count). The van der Waals surface area contributed by atoms with Crippen molar-refractivity contribution in [1.82, 2.24) is 4.98 Å². The maximum Gasteiger partial charge on any atom is 0.237 e. The van der Waals surface area contributed by atoms with Crippen LogP contribution in [0.1, 0.15) is 0 Å². The number of aromatic nitrogens is 1. The number of rotatable bonds is 3. The van der Waals surface area contributed by atoms with E-state index in [2.05, 4.69) is 11.6 Å². The Morgan fingerprint density at radius 2 is 2.50 bits per heavy atom. The molecule has 1 aromatic rings. The van der Waals surface area contributed by atoms with Gasteiger partial charge in [0.2, 0.25) is 5.88 Å². The standard InChI is InChI=1S/C8H9ClN2O/c1-2-3-12-8-7(10)4-6(9)5-11-8/h2,4-5H,1,3,10H2. The molecule has 0 aromatic carbocycles. The molecule has 1 aromatic heterocycles. The number of ether oxygens (including phenoxy) is 1. The van der Waals surface area contributed by atoms with Crippen molar-refractivity contribution in [2.75, 3.05) is 12.3 Å². The summed E-state index contributed by atoms with van der Waals surface area (Å²) in [6.45, 7) is 3.89. The Morgan fingerprint density at radius 1 is 1.75 bits per heavy atom. The zero-order chi connectivity index (χ0) is 8.97. The van der Waals surface area contributed by atoms with Gasteiger partial charge in [-0.25, -0.2) is 4.98 Å². The molecule has 1 heterocycles. The monoisotopic (exact) mass is 184 g/mol. The molecule has 0 unspecified atom stereocenters. The van der Waals surface area contributed by atoms with Crippen LogP contribution in [0.15, 0.2) is 24.9 Å². The van der Waals surface area contributed by atoms with Crippen molar-refractivity contribution in [3.05, 3.63) is 29.9 Å². The quantitative estimate of drug-likeness (QED) is 0.730. The molecule has 0 fully saturated rings. The highest BCUT2D eigenvalue weighted by molar-refractivity contribution is 6.30. The van der Waals surface area contributed by atoms with Crippen molar-refractivity contribution in [2.24, 2.45) is 0 Å². The third-order valence-corrected chi connectivity index (χ3v) is 1.39. The van der Waals surface area contributed by atoms with Crippen LogP contribution >= 0.6 is 11.6 Å². The van der Waals surface area contributed by atoms with E-state index >= 15 is 0 Å². The molecule has 0 bridgehead atoms. The molecule has 0 saturated carbocycles.